The molecule has 0 spiro atoms. The summed E-state index contributed by atoms with van der Waals surface area (Å²) in [5.41, 5.74) is 8.02. The maximum atomic E-state index is 11.8. The zero-order valence-corrected chi connectivity index (χ0v) is 13.1. The lowest BCUT2D eigenvalue weighted by Crippen LogP contribution is -2.15. The summed E-state index contributed by atoms with van der Waals surface area (Å²) in [5.74, 6) is -0.109. The first-order chi connectivity index (χ1) is 10.1. The average molecular weight is 349 g/mol. The predicted octanol–water partition coefficient (Wildman–Crippen LogP) is 3.58. The molecule has 0 aliphatic heterocycles. The summed E-state index contributed by atoms with van der Waals surface area (Å²) < 4.78 is 6.52. The van der Waals surface area contributed by atoms with Crippen LogP contribution in [-0.4, -0.2) is 12.5 Å². The molecule has 4 nitrogen and oxygen atoms in total. The van der Waals surface area contributed by atoms with Gasteiger partial charge in [-0.1, -0.05) is 40.2 Å². The van der Waals surface area contributed by atoms with Crippen molar-refractivity contribution in [1.29, 1.82) is 0 Å². The van der Waals surface area contributed by atoms with Crippen molar-refractivity contribution in [2.75, 3.05) is 17.7 Å². The van der Waals surface area contributed by atoms with E-state index >= 15 is 0 Å². The Hall–Kier alpha value is -1.85. The topological polar surface area (TPSA) is 64.3 Å². The first-order valence-corrected chi connectivity index (χ1v) is 7.41. The minimum atomic E-state index is -0.109. The summed E-state index contributed by atoms with van der Waals surface area (Å²) in [6.45, 7) is 0.852. The lowest BCUT2D eigenvalue weighted by atomic mass is 10.2. The van der Waals surface area contributed by atoms with E-state index in [4.69, 9.17) is 10.5 Å². The number of nitrogens with one attached hydrogen (secondary N) is 1. The summed E-state index contributed by atoms with van der Waals surface area (Å²) in [7, 11) is 0. The van der Waals surface area contributed by atoms with Gasteiger partial charge in [0.2, 0.25) is 5.91 Å². The number of carbonyl (C=O) groups excluding carboxylic acids is 1. The second-order valence-electron chi connectivity index (χ2n) is 4.57. The molecule has 0 unspecified atom stereocenters. The largest absolute Gasteiger partial charge is 0.397 e. The van der Waals surface area contributed by atoms with Crippen molar-refractivity contribution in [3.8, 4) is 0 Å². The Kier molecular flexibility index (Phi) is 5.78. The van der Waals surface area contributed by atoms with E-state index in [9.17, 15) is 4.79 Å². The quantitative estimate of drug-likeness (QED) is 0.619. The number of halogens is 1. The van der Waals surface area contributed by atoms with Gasteiger partial charge in [-0.15, -0.1) is 0 Å². The van der Waals surface area contributed by atoms with Crippen LogP contribution < -0.4 is 11.1 Å². The number of carbonyl (C=O) groups is 1. The van der Waals surface area contributed by atoms with Crippen LogP contribution in [0.2, 0.25) is 0 Å². The van der Waals surface area contributed by atoms with Crippen molar-refractivity contribution in [3.05, 3.63) is 58.6 Å². The third-order valence-corrected chi connectivity index (χ3v) is 3.36. The Morgan fingerprint density at radius 3 is 2.76 bits per heavy atom. The van der Waals surface area contributed by atoms with Crippen LogP contribution in [0.5, 0.6) is 0 Å². The Balaban J connectivity index is 1.71. The molecule has 5 heteroatoms. The highest BCUT2D eigenvalue weighted by Gasteiger charge is 2.04. The molecule has 2 aromatic rings. The van der Waals surface area contributed by atoms with Crippen molar-refractivity contribution >= 4 is 33.2 Å². The van der Waals surface area contributed by atoms with Gasteiger partial charge in [-0.05, 0) is 29.8 Å². The molecule has 2 rings (SSSR count). The minimum Gasteiger partial charge on any atom is -0.397 e. The summed E-state index contributed by atoms with van der Waals surface area (Å²) in [5, 5.41) is 2.77. The summed E-state index contributed by atoms with van der Waals surface area (Å²) in [6, 6.07) is 15.1. The van der Waals surface area contributed by atoms with Gasteiger partial charge in [0.05, 0.1) is 31.0 Å². The van der Waals surface area contributed by atoms with Crippen molar-refractivity contribution in [3.63, 3.8) is 0 Å². The van der Waals surface area contributed by atoms with Gasteiger partial charge in [0.15, 0.2) is 0 Å². The number of nitrogen functional groups attached to an aromatic ring is 1. The summed E-state index contributed by atoms with van der Waals surface area (Å²) in [6.07, 6.45) is 0.294. The van der Waals surface area contributed by atoms with Crippen LogP contribution in [0.1, 0.15) is 12.0 Å². The maximum Gasteiger partial charge on any atom is 0.226 e. The number of amides is 1. The highest BCUT2D eigenvalue weighted by Crippen LogP contribution is 2.17. The van der Waals surface area contributed by atoms with Gasteiger partial charge in [0, 0.05) is 4.47 Å². The fraction of sp³-hybridized carbons (Fsp3) is 0.188. The monoisotopic (exact) mass is 348 g/mol. The number of anilines is 2. The molecule has 2 aromatic carbocycles. The summed E-state index contributed by atoms with van der Waals surface area (Å²) in [4.78, 5) is 11.8. The van der Waals surface area contributed by atoms with Crippen molar-refractivity contribution < 1.29 is 9.53 Å². The van der Waals surface area contributed by atoms with Gasteiger partial charge in [0.25, 0.3) is 0 Å². The lowest BCUT2D eigenvalue weighted by Gasteiger charge is -2.08. The SMILES string of the molecule is Nc1ccccc1NC(=O)CCOCc1cccc(Br)c1. The van der Waals surface area contributed by atoms with Crippen LogP contribution in [0.25, 0.3) is 0 Å². The number of ether oxygens (including phenoxy) is 1. The van der Waals surface area contributed by atoms with Gasteiger partial charge < -0.3 is 15.8 Å². The van der Waals surface area contributed by atoms with Crippen molar-refractivity contribution in [1.82, 2.24) is 0 Å². The van der Waals surface area contributed by atoms with Crippen LogP contribution in [0.3, 0.4) is 0 Å². The van der Waals surface area contributed by atoms with E-state index in [0.717, 1.165) is 10.0 Å². The van der Waals surface area contributed by atoms with Crippen LogP contribution in [-0.2, 0) is 16.1 Å². The predicted molar refractivity (Wildman–Crippen MR) is 87.9 cm³/mol. The number of rotatable bonds is 6. The molecule has 0 saturated heterocycles. The molecule has 0 aliphatic rings. The third kappa shape index (κ3) is 5.21. The normalized spacial score (nSPS) is 10.3. The molecule has 0 saturated carbocycles. The van der Waals surface area contributed by atoms with Crippen LogP contribution >= 0.6 is 15.9 Å². The zero-order chi connectivity index (χ0) is 15.1. The van der Waals surface area contributed by atoms with Crippen LogP contribution in [0, 0.1) is 0 Å². The summed E-state index contributed by atoms with van der Waals surface area (Å²) >= 11 is 3.41. The van der Waals surface area contributed by atoms with Gasteiger partial charge in [-0.2, -0.15) is 0 Å². The molecular weight excluding hydrogens is 332 g/mol. The number of para-hydroxylation sites is 2. The van der Waals surface area contributed by atoms with Crippen molar-refractivity contribution in [2.24, 2.45) is 0 Å². The highest BCUT2D eigenvalue weighted by atomic mass is 79.9. The second kappa shape index (κ2) is 7.81. The zero-order valence-electron chi connectivity index (χ0n) is 11.5. The molecule has 1 amide bonds. The second-order valence-corrected chi connectivity index (χ2v) is 5.48. The van der Waals surface area contributed by atoms with Crippen LogP contribution in [0.4, 0.5) is 11.4 Å². The molecule has 0 aromatic heterocycles. The molecule has 21 heavy (non-hydrogen) atoms. The van der Waals surface area contributed by atoms with E-state index < -0.39 is 0 Å². The molecule has 0 radical (unpaired) electrons. The first-order valence-electron chi connectivity index (χ1n) is 6.61. The van der Waals surface area contributed by atoms with E-state index in [0.29, 0.717) is 31.0 Å². The Labute approximate surface area is 132 Å². The van der Waals surface area contributed by atoms with Gasteiger partial charge in [-0.3, -0.25) is 4.79 Å². The molecule has 0 atom stereocenters. The number of hydrogen-bond acceptors (Lipinski definition) is 3. The maximum absolute atomic E-state index is 11.8. The van der Waals surface area contributed by atoms with Gasteiger partial charge in [-0.25, -0.2) is 0 Å². The van der Waals surface area contributed by atoms with Crippen molar-refractivity contribution in [2.45, 2.75) is 13.0 Å². The van der Waals surface area contributed by atoms with E-state index in [2.05, 4.69) is 21.2 Å². The number of benzene rings is 2. The fourth-order valence-corrected chi connectivity index (χ4v) is 2.25. The van der Waals surface area contributed by atoms with Gasteiger partial charge >= 0.3 is 0 Å². The Morgan fingerprint density at radius 1 is 1.19 bits per heavy atom. The molecule has 0 aliphatic carbocycles. The highest BCUT2D eigenvalue weighted by molar-refractivity contribution is 9.10. The Morgan fingerprint density at radius 2 is 2.00 bits per heavy atom. The third-order valence-electron chi connectivity index (χ3n) is 2.87. The molecule has 0 bridgehead atoms. The number of nitrogens with two attached hydrogens (primary N) is 1. The van der Waals surface area contributed by atoms with Crippen LogP contribution in [0.15, 0.2) is 53.0 Å². The van der Waals surface area contributed by atoms with E-state index in [1.165, 1.54) is 0 Å². The first kappa shape index (κ1) is 15.5. The van der Waals surface area contributed by atoms with E-state index in [1.54, 1.807) is 12.1 Å². The van der Waals surface area contributed by atoms with Gasteiger partial charge in [0.1, 0.15) is 0 Å². The minimum absolute atomic E-state index is 0.109. The fourth-order valence-electron chi connectivity index (χ4n) is 1.81. The molecule has 110 valence electrons. The molecule has 0 fully saturated rings. The molecular formula is C16H17BrN2O2. The lowest BCUT2D eigenvalue weighted by molar-refractivity contribution is -0.117. The smallest absolute Gasteiger partial charge is 0.226 e. The number of hydrogen-bond donors (Lipinski definition) is 2. The molecule has 0 heterocycles. The average Bonchev–Trinajstić information content (AvgIpc) is 2.46. The Bertz CT molecular complexity index is 617. The molecule has 3 N–H and O–H groups in total. The van der Waals surface area contributed by atoms with E-state index in [-0.39, 0.29) is 5.91 Å². The standard InChI is InChI=1S/C16H17BrN2O2/c17-13-5-3-4-12(10-13)11-21-9-8-16(20)19-15-7-2-1-6-14(15)18/h1-7,10H,8-9,11,18H2,(H,19,20). The van der Waals surface area contributed by atoms with E-state index in [1.807, 2.05) is 36.4 Å².